The van der Waals surface area contributed by atoms with Crippen LogP contribution < -0.4 is 20.7 Å². The lowest BCUT2D eigenvalue weighted by Crippen LogP contribution is -2.47. The third-order valence-corrected chi connectivity index (χ3v) is 8.93. The fourth-order valence-electron chi connectivity index (χ4n) is 5.35. The first-order valence-corrected chi connectivity index (χ1v) is 16.2. The maximum Gasteiger partial charge on any atom is 0.256 e. The molecular weight excluding hydrogens is 576 g/mol. The van der Waals surface area contributed by atoms with E-state index in [1.54, 1.807) is 47.0 Å². The van der Waals surface area contributed by atoms with Crippen molar-refractivity contribution in [1.29, 1.82) is 0 Å². The van der Waals surface area contributed by atoms with E-state index in [-0.39, 0.29) is 22.9 Å². The molecule has 11 heteroatoms. The number of aryl methyl sites for hydroxylation is 1. The van der Waals surface area contributed by atoms with Crippen LogP contribution in [0.4, 0.5) is 11.6 Å². The molecule has 1 amide bonds. The molecular formula is C33H32N6O4S. The van der Waals surface area contributed by atoms with Crippen LogP contribution in [0.2, 0.25) is 0 Å². The molecule has 0 radical (unpaired) electrons. The summed E-state index contributed by atoms with van der Waals surface area (Å²) in [5, 5.41) is 3.63. The number of carbonyl (C=O) groups excluding carboxylic acids is 1. The van der Waals surface area contributed by atoms with E-state index in [0.717, 1.165) is 49.1 Å². The largest absolute Gasteiger partial charge is 0.368 e. The number of carbonyl (C=O) groups is 1. The van der Waals surface area contributed by atoms with Gasteiger partial charge >= 0.3 is 0 Å². The minimum atomic E-state index is -3.28. The third-order valence-electron chi connectivity index (χ3n) is 7.81. The molecule has 2 aromatic heterocycles. The first-order valence-electron chi connectivity index (χ1n) is 14.3. The molecule has 5 aromatic rings. The minimum absolute atomic E-state index is 0.227. The Morgan fingerprint density at radius 2 is 1.45 bits per heavy atom. The Hall–Kier alpha value is -5.03. The summed E-state index contributed by atoms with van der Waals surface area (Å²) >= 11 is 0. The number of nitrogens with one attached hydrogen (secondary N) is 1. The summed E-state index contributed by atoms with van der Waals surface area (Å²) in [7, 11) is -3.28. The number of nitrogens with zero attached hydrogens (tertiary/aromatic N) is 5. The van der Waals surface area contributed by atoms with Crippen LogP contribution in [0, 0.1) is 6.92 Å². The number of piperazine rings is 1. The quantitative estimate of drug-likeness (QED) is 0.297. The Kier molecular flexibility index (Phi) is 7.88. The zero-order valence-corrected chi connectivity index (χ0v) is 25.3. The van der Waals surface area contributed by atoms with Crippen molar-refractivity contribution in [3.63, 3.8) is 0 Å². The highest BCUT2D eigenvalue weighted by molar-refractivity contribution is 7.90. The molecule has 3 heterocycles. The van der Waals surface area contributed by atoms with Gasteiger partial charge < -0.3 is 15.1 Å². The Morgan fingerprint density at radius 3 is 2.11 bits per heavy atom. The second-order valence-electron chi connectivity index (χ2n) is 10.8. The van der Waals surface area contributed by atoms with Gasteiger partial charge in [0.15, 0.2) is 15.5 Å². The first kappa shape index (κ1) is 29.1. The van der Waals surface area contributed by atoms with Crippen molar-refractivity contribution in [2.45, 2.75) is 18.4 Å². The fraction of sp³-hybridized carbons (Fsp3) is 0.212. The van der Waals surface area contributed by atoms with Crippen molar-refractivity contribution < 1.29 is 13.2 Å². The molecule has 6 rings (SSSR count). The number of benzene rings is 3. The highest BCUT2D eigenvalue weighted by Gasteiger charge is 2.21. The number of amides is 1. The monoisotopic (exact) mass is 608 g/mol. The zero-order chi connectivity index (χ0) is 30.8. The standard InChI is InChI=1S/C33H32N6O4S/c1-23-29-16-17-30(40)39(31(29)36-33(35-23)38-20-18-37(19-21-38)26-6-4-3-5-7-26)27-12-10-25(11-13-27)32(41)34-22-24-8-14-28(15-9-24)44(2,42)43/h3-17H,18-22H2,1-2H3,(H,34,41). The summed E-state index contributed by atoms with van der Waals surface area (Å²) in [6, 6.07) is 26.8. The van der Waals surface area contributed by atoms with Gasteiger partial charge in [0.1, 0.15) is 0 Å². The van der Waals surface area contributed by atoms with E-state index in [0.29, 0.717) is 22.8 Å². The van der Waals surface area contributed by atoms with Crippen LogP contribution in [0.3, 0.4) is 0 Å². The van der Waals surface area contributed by atoms with Gasteiger partial charge in [0.25, 0.3) is 11.5 Å². The summed E-state index contributed by atoms with van der Waals surface area (Å²) in [5.74, 6) is 0.298. The van der Waals surface area contributed by atoms with Gasteiger partial charge in [-0.2, -0.15) is 4.98 Å². The SMILES string of the molecule is Cc1nc(N2CCN(c3ccccc3)CC2)nc2c1ccc(=O)n2-c1ccc(C(=O)NCc2ccc(S(C)(=O)=O)cc2)cc1. The number of anilines is 2. The maximum atomic E-state index is 13.2. The summed E-state index contributed by atoms with van der Waals surface area (Å²) < 4.78 is 24.9. The average Bonchev–Trinajstić information content (AvgIpc) is 3.04. The van der Waals surface area contributed by atoms with Crippen molar-refractivity contribution in [1.82, 2.24) is 19.9 Å². The number of rotatable bonds is 7. The number of aromatic nitrogens is 3. The molecule has 1 saturated heterocycles. The van der Waals surface area contributed by atoms with Crippen LogP contribution in [0.1, 0.15) is 21.6 Å². The van der Waals surface area contributed by atoms with E-state index in [2.05, 4.69) is 27.2 Å². The molecule has 0 spiro atoms. The molecule has 1 fully saturated rings. The smallest absolute Gasteiger partial charge is 0.256 e. The number of fused-ring (bicyclic) bond motifs is 1. The molecule has 10 nitrogen and oxygen atoms in total. The number of para-hydroxylation sites is 1. The highest BCUT2D eigenvalue weighted by Crippen LogP contribution is 2.23. The van der Waals surface area contributed by atoms with E-state index < -0.39 is 9.84 Å². The number of sulfone groups is 1. The van der Waals surface area contributed by atoms with Gasteiger partial charge in [0.2, 0.25) is 5.95 Å². The topological polar surface area (TPSA) is 118 Å². The number of hydrogen-bond donors (Lipinski definition) is 1. The van der Waals surface area contributed by atoms with E-state index in [1.807, 2.05) is 25.1 Å². The highest BCUT2D eigenvalue weighted by atomic mass is 32.2. The van der Waals surface area contributed by atoms with Crippen molar-refractivity contribution in [2.24, 2.45) is 0 Å². The average molecular weight is 609 g/mol. The Bertz CT molecular complexity index is 1990. The van der Waals surface area contributed by atoms with E-state index in [4.69, 9.17) is 9.97 Å². The number of pyridine rings is 1. The summed E-state index contributed by atoms with van der Waals surface area (Å²) in [6.45, 7) is 5.34. The summed E-state index contributed by atoms with van der Waals surface area (Å²) in [4.78, 5) is 40.4. The summed E-state index contributed by atoms with van der Waals surface area (Å²) in [6.07, 6.45) is 1.15. The van der Waals surface area contributed by atoms with Gasteiger partial charge in [-0.1, -0.05) is 30.3 Å². The van der Waals surface area contributed by atoms with Crippen LogP contribution in [0.15, 0.2) is 101 Å². The van der Waals surface area contributed by atoms with E-state index in [9.17, 15) is 18.0 Å². The van der Waals surface area contributed by atoms with Crippen LogP contribution in [-0.2, 0) is 16.4 Å². The van der Waals surface area contributed by atoms with Gasteiger partial charge in [0, 0.05) is 61.7 Å². The lowest BCUT2D eigenvalue weighted by molar-refractivity contribution is 0.0951. The molecule has 0 bridgehead atoms. The van der Waals surface area contributed by atoms with Crippen molar-refractivity contribution in [3.05, 3.63) is 118 Å². The molecule has 44 heavy (non-hydrogen) atoms. The van der Waals surface area contributed by atoms with Gasteiger partial charge in [0.05, 0.1) is 16.3 Å². The molecule has 0 saturated carbocycles. The fourth-order valence-corrected chi connectivity index (χ4v) is 5.98. The van der Waals surface area contributed by atoms with E-state index >= 15 is 0 Å². The second-order valence-corrected chi connectivity index (χ2v) is 12.8. The normalized spacial score (nSPS) is 13.7. The zero-order valence-electron chi connectivity index (χ0n) is 24.5. The number of hydrogen-bond acceptors (Lipinski definition) is 8. The predicted molar refractivity (Wildman–Crippen MR) is 171 cm³/mol. The van der Waals surface area contributed by atoms with Gasteiger partial charge in [-0.15, -0.1) is 0 Å². The third kappa shape index (κ3) is 6.04. The molecule has 224 valence electrons. The second kappa shape index (κ2) is 11.9. The lowest BCUT2D eigenvalue weighted by atomic mass is 10.1. The van der Waals surface area contributed by atoms with Crippen LogP contribution >= 0.6 is 0 Å². The van der Waals surface area contributed by atoms with Crippen LogP contribution in [0.25, 0.3) is 16.7 Å². The van der Waals surface area contributed by atoms with Crippen LogP contribution in [-0.4, -0.2) is 61.3 Å². The van der Waals surface area contributed by atoms with E-state index in [1.165, 1.54) is 23.9 Å². The molecule has 1 N–H and O–H groups in total. The van der Waals surface area contributed by atoms with Crippen molar-refractivity contribution in [2.75, 3.05) is 42.2 Å². The van der Waals surface area contributed by atoms with Crippen LogP contribution in [0.5, 0.6) is 0 Å². The summed E-state index contributed by atoms with van der Waals surface area (Å²) in [5.41, 5.74) is 4.05. The minimum Gasteiger partial charge on any atom is -0.368 e. The maximum absolute atomic E-state index is 13.2. The molecule has 1 aliphatic rings. The lowest BCUT2D eigenvalue weighted by Gasteiger charge is -2.36. The van der Waals surface area contributed by atoms with Gasteiger partial charge in [-0.25, -0.2) is 13.4 Å². The Balaban J connectivity index is 1.21. The molecule has 3 aromatic carbocycles. The predicted octanol–water partition coefficient (Wildman–Crippen LogP) is 3.75. The van der Waals surface area contributed by atoms with Crippen molar-refractivity contribution >= 4 is 38.4 Å². The van der Waals surface area contributed by atoms with Crippen molar-refractivity contribution in [3.8, 4) is 5.69 Å². The first-order chi connectivity index (χ1) is 21.2. The Labute approximate surface area is 255 Å². The molecule has 0 unspecified atom stereocenters. The molecule has 0 atom stereocenters. The Morgan fingerprint density at radius 1 is 0.795 bits per heavy atom. The molecule has 1 aliphatic heterocycles. The van der Waals surface area contributed by atoms with Gasteiger partial charge in [-0.3, -0.25) is 14.2 Å². The molecule has 0 aliphatic carbocycles. The van der Waals surface area contributed by atoms with Gasteiger partial charge in [-0.05, 0) is 67.1 Å².